The summed E-state index contributed by atoms with van der Waals surface area (Å²) in [6.45, 7) is 1.73. The number of carbonyl (C=O) groups is 1. The standard InChI is InChI=1S/C22H19ClN4OS/c23-19-4-2-1-3-18(19)22-25-14-20(29-22)21(28)26-16-9-11-27(12-10-16)17-7-5-15(13-24)6-8-17/h1-8,14,16H,9-12H2,(H,26,28). The SMILES string of the molecule is N#Cc1ccc(N2CCC(NC(=O)c3cnc(-c4ccccc4Cl)s3)CC2)cc1. The minimum absolute atomic E-state index is 0.0855. The number of anilines is 1. The maximum Gasteiger partial charge on any atom is 0.263 e. The van der Waals surface area contributed by atoms with Gasteiger partial charge in [0.25, 0.3) is 5.91 Å². The van der Waals surface area contributed by atoms with Gasteiger partial charge in [0, 0.05) is 30.4 Å². The number of hydrogen-bond acceptors (Lipinski definition) is 5. The molecule has 4 rings (SSSR count). The Bertz CT molecular complexity index is 1050. The van der Waals surface area contributed by atoms with Crippen molar-refractivity contribution < 1.29 is 4.79 Å². The van der Waals surface area contributed by atoms with Crippen molar-refractivity contribution in [1.29, 1.82) is 5.26 Å². The molecule has 3 aromatic rings. The van der Waals surface area contributed by atoms with E-state index in [1.165, 1.54) is 11.3 Å². The summed E-state index contributed by atoms with van der Waals surface area (Å²) in [5.74, 6) is -0.0855. The lowest BCUT2D eigenvalue weighted by atomic mass is 10.0. The molecule has 0 radical (unpaired) electrons. The summed E-state index contributed by atoms with van der Waals surface area (Å²) >= 11 is 7.58. The first-order valence-corrected chi connectivity index (χ1v) is 10.6. The number of rotatable bonds is 4. The fourth-order valence-corrected chi connectivity index (χ4v) is 4.56. The largest absolute Gasteiger partial charge is 0.371 e. The molecule has 0 aliphatic carbocycles. The Balaban J connectivity index is 1.34. The molecule has 0 bridgehead atoms. The minimum atomic E-state index is -0.0855. The van der Waals surface area contributed by atoms with Crippen LogP contribution in [0, 0.1) is 11.3 Å². The lowest BCUT2D eigenvalue weighted by Crippen LogP contribution is -2.44. The lowest BCUT2D eigenvalue weighted by molar-refractivity contribution is 0.0935. The van der Waals surface area contributed by atoms with Gasteiger partial charge in [0.05, 0.1) is 22.9 Å². The van der Waals surface area contributed by atoms with E-state index in [-0.39, 0.29) is 11.9 Å². The van der Waals surface area contributed by atoms with Crippen LogP contribution in [0.1, 0.15) is 28.1 Å². The van der Waals surface area contributed by atoms with Gasteiger partial charge in [-0.05, 0) is 43.2 Å². The normalized spacial score (nSPS) is 14.4. The maximum atomic E-state index is 12.6. The number of amides is 1. The van der Waals surface area contributed by atoms with Crippen LogP contribution in [0.25, 0.3) is 10.6 Å². The molecule has 1 aromatic heterocycles. The molecule has 1 saturated heterocycles. The molecule has 5 nitrogen and oxygen atoms in total. The number of piperidine rings is 1. The van der Waals surface area contributed by atoms with Crippen LogP contribution in [-0.4, -0.2) is 30.0 Å². The third-order valence-corrected chi connectivity index (χ3v) is 6.38. The smallest absolute Gasteiger partial charge is 0.263 e. The molecule has 146 valence electrons. The summed E-state index contributed by atoms with van der Waals surface area (Å²) < 4.78 is 0. The molecule has 1 aliphatic heterocycles. The van der Waals surface area contributed by atoms with Crippen LogP contribution >= 0.6 is 22.9 Å². The maximum absolute atomic E-state index is 12.6. The number of benzene rings is 2. The number of carbonyl (C=O) groups excluding carboxylic acids is 1. The Morgan fingerprint density at radius 2 is 1.90 bits per heavy atom. The molecular weight excluding hydrogens is 404 g/mol. The number of nitriles is 1. The summed E-state index contributed by atoms with van der Waals surface area (Å²) in [5.41, 5.74) is 2.62. The number of hydrogen-bond donors (Lipinski definition) is 1. The number of thiazole rings is 1. The molecule has 0 saturated carbocycles. The molecule has 1 fully saturated rings. The molecule has 7 heteroatoms. The zero-order chi connectivity index (χ0) is 20.2. The molecule has 0 atom stereocenters. The summed E-state index contributed by atoms with van der Waals surface area (Å²) in [4.78, 5) is 19.9. The molecule has 29 heavy (non-hydrogen) atoms. The topological polar surface area (TPSA) is 69.0 Å². The third-order valence-electron chi connectivity index (χ3n) is 5.03. The van der Waals surface area contributed by atoms with Gasteiger partial charge in [-0.15, -0.1) is 11.3 Å². The van der Waals surface area contributed by atoms with Crippen molar-refractivity contribution in [3.63, 3.8) is 0 Å². The van der Waals surface area contributed by atoms with Crippen molar-refractivity contribution in [3.8, 4) is 16.6 Å². The highest BCUT2D eigenvalue weighted by Gasteiger charge is 2.22. The van der Waals surface area contributed by atoms with Crippen LogP contribution in [0.5, 0.6) is 0 Å². The van der Waals surface area contributed by atoms with Crippen LogP contribution in [0.3, 0.4) is 0 Å². The van der Waals surface area contributed by atoms with Gasteiger partial charge in [-0.3, -0.25) is 4.79 Å². The van der Waals surface area contributed by atoms with E-state index < -0.39 is 0 Å². The second-order valence-electron chi connectivity index (χ2n) is 6.90. The van der Waals surface area contributed by atoms with Crippen LogP contribution in [0.4, 0.5) is 5.69 Å². The fraction of sp³-hybridized carbons (Fsp3) is 0.227. The number of halogens is 1. The van der Waals surface area contributed by atoms with Crippen LogP contribution in [0.15, 0.2) is 54.7 Å². The molecule has 0 unspecified atom stereocenters. The van der Waals surface area contributed by atoms with Crippen LogP contribution in [0.2, 0.25) is 5.02 Å². The summed E-state index contributed by atoms with van der Waals surface area (Å²) in [7, 11) is 0. The molecule has 2 heterocycles. The number of nitrogens with one attached hydrogen (secondary N) is 1. The Hall–Kier alpha value is -2.88. The van der Waals surface area contributed by atoms with Gasteiger partial charge in [0.2, 0.25) is 0 Å². The number of nitrogens with zero attached hydrogens (tertiary/aromatic N) is 3. The van der Waals surface area contributed by atoms with E-state index in [9.17, 15) is 4.79 Å². The molecule has 1 N–H and O–H groups in total. The first-order chi connectivity index (χ1) is 14.1. The van der Waals surface area contributed by atoms with Gasteiger partial charge in [0.15, 0.2) is 0 Å². The molecule has 1 amide bonds. The highest BCUT2D eigenvalue weighted by Crippen LogP contribution is 2.31. The van der Waals surface area contributed by atoms with Crippen molar-refractivity contribution in [3.05, 3.63) is 70.2 Å². The Kier molecular flexibility index (Phi) is 5.79. The second kappa shape index (κ2) is 8.64. The monoisotopic (exact) mass is 422 g/mol. The second-order valence-corrected chi connectivity index (χ2v) is 8.34. The van der Waals surface area contributed by atoms with Gasteiger partial charge in [0.1, 0.15) is 9.88 Å². The van der Waals surface area contributed by atoms with Crippen LogP contribution < -0.4 is 10.2 Å². The molecular formula is C22H19ClN4OS. The average Bonchev–Trinajstić information content (AvgIpc) is 3.25. The van der Waals surface area contributed by atoms with Crippen molar-refractivity contribution in [2.45, 2.75) is 18.9 Å². The van der Waals surface area contributed by atoms with E-state index in [0.29, 0.717) is 15.5 Å². The molecule has 2 aromatic carbocycles. The van der Waals surface area contributed by atoms with E-state index in [2.05, 4.69) is 21.3 Å². The zero-order valence-corrected chi connectivity index (χ0v) is 17.2. The summed E-state index contributed by atoms with van der Waals surface area (Å²) in [6, 6.07) is 17.4. The lowest BCUT2D eigenvalue weighted by Gasteiger charge is -2.33. The number of aromatic nitrogens is 1. The first kappa shape index (κ1) is 19.4. The minimum Gasteiger partial charge on any atom is -0.371 e. The van der Waals surface area contributed by atoms with Gasteiger partial charge in [-0.2, -0.15) is 5.26 Å². The average molecular weight is 423 g/mol. The van der Waals surface area contributed by atoms with Crippen molar-refractivity contribution in [2.75, 3.05) is 18.0 Å². The summed E-state index contributed by atoms with van der Waals surface area (Å²) in [5, 5.41) is 13.4. The van der Waals surface area contributed by atoms with E-state index in [1.54, 1.807) is 6.20 Å². The van der Waals surface area contributed by atoms with E-state index in [1.807, 2.05) is 48.5 Å². The zero-order valence-electron chi connectivity index (χ0n) is 15.6. The van der Waals surface area contributed by atoms with Gasteiger partial charge < -0.3 is 10.2 Å². The van der Waals surface area contributed by atoms with E-state index >= 15 is 0 Å². The van der Waals surface area contributed by atoms with Gasteiger partial charge in [-0.25, -0.2) is 4.98 Å². The molecule has 0 spiro atoms. The Morgan fingerprint density at radius 1 is 1.17 bits per heavy atom. The van der Waals surface area contributed by atoms with Gasteiger partial charge >= 0.3 is 0 Å². The Labute approximate surface area is 178 Å². The predicted molar refractivity (Wildman–Crippen MR) is 116 cm³/mol. The predicted octanol–water partition coefficient (Wildman–Crippen LogP) is 4.73. The first-order valence-electron chi connectivity index (χ1n) is 9.41. The van der Waals surface area contributed by atoms with Crippen molar-refractivity contribution >= 4 is 34.5 Å². The van der Waals surface area contributed by atoms with Crippen molar-refractivity contribution in [2.24, 2.45) is 0 Å². The summed E-state index contributed by atoms with van der Waals surface area (Å²) in [6.07, 6.45) is 3.37. The van der Waals surface area contributed by atoms with E-state index in [0.717, 1.165) is 42.2 Å². The van der Waals surface area contributed by atoms with E-state index in [4.69, 9.17) is 16.9 Å². The van der Waals surface area contributed by atoms with Gasteiger partial charge in [-0.1, -0.05) is 29.8 Å². The highest BCUT2D eigenvalue weighted by atomic mass is 35.5. The third kappa shape index (κ3) is 4.42. The Morgan fingerprint density at radius 3 is 2.59 bits per heavy atom. The molecule has 1 aliphatic rings. The highest BCUT2D eigenvalue weighted by molar-refractivity contribution is 7.17. The van der Waals surface area contributed by atoms with Crippen LogP contribution in [-0.2, 0) is 0 Å². The quantitative estimate of drug-likeness (QED) is 0.659. The fourth-order valence-electron chi connectivity index (χ4n) is 3.42. The van der Waals surface area contributed by atoms with Crippen molar-refractivity contribution in [1.82, 2.24) is 10.3 Å².